The minimum atomic E-state index is -1.45. The predicted octanol–water partition coefficient (Wildman–Crippen LogP) is 1.27. The molecule has 1 heterocycles. The van der Waals surface area contributed by atoms with Crippen LogP contribution in [0.3, 0.4) is 0 Å². The van der Waals surface area contributed by atoms with Crippen LogP contribution >= 0.6 is 0 Å². The molecular formula is C26H44O8. The monoisotopic (exact) mass is 484 g/mol. The highest BCUT2D eigenvalue weighted by Gasteiger charge is 2.55. The number of hydrogen-bond donors (Lipinski definition) is 6. The number of aliphatic hydroxyl groups excluding tert-OH is 6. The molecule has 34 heavy (non-hydrogen) atoms. The third kappa shape index (κ3) is 5.44. The van der Waals surface area contributed by atoms with E-state index in [1.54, 1.807) is 6.08 Å². The molecule has 2 aliphatic carbocycles. The van der Waals surface area contributed by atoms with Gasteiger partial charge in [-0.1, -0.05) is 38.5 Å². The minimum absolute atomic E-state index is 0.0147. The van der Waals surface area contributed by atoms with Crippen molar-refractivity contribution in [2.45, 2.75) is 89.5 Å². The molecule has 1 saturated heterocycles. The zero-order valence-corrected chi connectivity index (χ0v) is 20.6. The fraction of sp³-hybridized carbons (Fsp3) is 0.846. The van der Waals surface area contributed by atoms with Crippen molar-refractivity contribution >= 4 is 0 Å². The Morgan fingerprint density at radius 2 is 1.85 bits per heavy atom. The first-order chi connectivity index (χ1) is 16.1. The molecule has 3 rings (SSSR count). The highest BCUT2D eigenvalue weighted by molar-refractivity contribution is 5.17. The van der Waals surface area contributed by atoms with Gasteiger partial charge >= 0.3 is 0 Å². The van der Waals surface area contributed by atoms with Crippen molar-refractivity contribution < 1.29 is 40.1 Å². The Morgan fingerprint density at radius 1 is 1.12 bits per heavy atom. The standard InChI is InChI=1S/C26H44O8/c1-16-5-8-20-25(2,15-33-24-23(32)22(31)21(30)19(14-29)34-24)10-4-11-26(20,3)18(16)7-6-17(13-28)9-12-27/h9,18-24,27-32H,1,4-8,10-15H2,2-3H3/b17-9+/t18-,19-,20+,21+,22+,23+,24-,25+,26+/m0/s1. The lowest BCUT2D eigenvalue weighted by atomic mass is 9.47. The van der Waals surface area contributed by atoms with Gasteiger partial charge in [0.2, 0.25) is 0 Å². The fourth-order valence-corrected chi connectivity index (χ4v) is 6.97. The minimum Gasteiger partial charge on any atom is -0.394 e. The summed E-state index contributed by atoms with van der Waals surface area (Å²) in [5.41, 5.74) is 1.94. The molecule has 6 N–H and O–H groups in total. The molecule has 8 heteroatoms. The van der Waals surface area contributed by atoms with Gasteiger partial charge in [0.15, 0.2) is 6.29 Å². The van der Waals surface area contributed by atoms with Crippen LogP contribution in [-0.2, 0) is 9.47 Å². The van der Waals surface area contributed by atoms with Crippen LogP contribution in [-0.4, -0.2) is 87.8 Å². The summed E-state index contributed by atoms with van der Waals surface area (Å²) in [5, 5.41) is 58.8. The fourth-order valence-electron chi connectivity index (χ4n) is 6.97. The van der Waals surface area contributed by atoms with Crippen LogP contribution in [0.5, 0.6) is 0 Å². The van der Waals surface area contributed by atoms with E-state index >= 15 is 0 Å². The second kappa shape index (κ2) is 11.5. The lowest BCUT2D eigenvalue weighted by molar-refractivity contribution is -0.309. The number of ether oxygens (including phenoxy) is 2. The summed E-state index contributed by atoms with van der Waals surface area (Å²) in [6, 6.07) is 0. The maximum atomic E-state index is 10.4. The van der Waals surface area contributed by atoms with Crippen molar-refractivity contribution in [3.05, 3.63) is 23.8 Å². The normalized spacial score (nSPS) is 43.6. The third-order valence-corrected chi connectivity index (χ3v) is 8.91. The molecular weight excluding hydrogens is 440 g/mol. The molecule has 3 aliphatic rings. The summed E-state index contributed by atoms with van der Waals surface area (Å²) in [7, 11) is 0. The van der Waals surface area contributed by atoms with Crippen LogP contribution in [0, 0.1) is 22.7 Å². The highest BCUT2D eigenvalue weighted by Crippen LogP contribution is 2.62. The summed E-state index contributed by atoms with van der Waals surface area (Å²) in [6.07, 6.45) is 1.94. The first-order valence-corrected chi connectivity index (χ1v) is 12.6. The van der Waals surface area contributed by atoms with Gasteiger partial charge in [-0.05, 0) is 66.8 Å². The van der Waals surface area contributed by atoms with Gasteiger partial charge in [0.05, 0.1) is 26.4 Å². The second-order valence-electron chi connectivity index (χ2n) is 11.1. The van der Waals surface area contributed by atoms with E-state index in [2.05, 4.69) is 20.4 Å². The Kier molecular flexibility index (Phi) is 9.36. The molecule has 0 aromatic rings. The summed E-state index contributed by atoms with van der Waals surface area (Å²) < 4.78 is 11.6. The van der Waals surface area contributed by atoms with E-state index in [9.17, 15) is 30.6 Å². The average molecular weight is 485 g/mol. The first kappa shape index (κ1) is 27.7. The lowest BCUT2D eigenvalue weighted by Gasteiger charge is -2.59. The van der Waals surface area contributed by atoms with Crippen molar-refractivity contribution in [3.8, 4) is 0 Å². The Balaban J connectivity index is 1.73. The van der Waals surface area contributed by atoms with Gasteiger partial charge in [0, 0.05) is 0 Å². The number of hydrogen-bond acceptors (Lipinski definition) is 8. The molecule has 0 amide bonds. The quantitative estimate of drug-likeness (QED) is 0.269. The summed E-state index contributed by atoms with van der Waals surface area (Å²) >= 11 is 0. The molecule has 0 spiro atoms. The van der Waals surface area contributed by atoms with Gasteiger partial charge in [0.1, 0.15) is 24.4 Å². The Bertz CT molecular complexity index is 724. The molecule has 0 aromatic carbocycles. The Hall–Kier alpha value is -0.840. The second-order valence-corrected chi connectivity index (χ2v) is 11.1. The third-order valence-electron chi connectivity index (χ3n) is 8.91. The van der Waals surface area contributed by atoms with Crippen LogP contribution < -0.4 is 0 Å². The van der Waals surface area contributed by atoms with E-state index in [4.69, 9.17) is 9.47 Å². The van der Waals surface area contributed by atoms with Crippen LogP contribution in [0.2, 0.25) is 0 Å². The van der Waals surface area contributed by atoms with Gasteiger partial charge in [0.25, 0.3) is 0 Å². The van der Waals surface area contributed by atoms with Crippen molar-refractivity contribution in [1.29, 1.82) is 0 Å². The molecule has 196 valence electrons. The molecule has 0 unspecified atom stereocenters. The van der Waals surface area contributed by atoms with Gasteiger partial charge in [-0.3, -0.25) is 0 Å². The van der Waals surface area contributed by atoms with E-state index < -0.39 is 37.3 Å². The smallest absolute Gasteiger partial charge is 0.186 e. The molecule has 1 aliphatic heterocycles. The van der Waals surface area contributed by atoms with E-state index in [1.807, 2.05) is 0 Å². The Morgan fingerprint density at radius 3 is 2.50 bits per heavy atom. The van der Waals surface area contributed by atoms with Crippen molar-refractivity contribution in [2.24, 2.45) is 22.7 Å². The molecule has 0 radical (unpaired) electrons. The SMILES string of the molecule is C=C1CC[C@@H]2[C@@](C)(CO[C@H]3O[C@@H](CO)[C@@H](O)[C@@H](O)[C@H]3O)CCC[C@]2(C)[C@H]1CC/C(=C\CO)CO. The molecule has 9 atom stereocenters. The number of allylic oxidation sites excluding steroid dienone is 1. The summed E-state index contributed by atoms with van der Waals surface area (Å²) in [5.74, 6) is 0.653. The zero-order valence-electron chi connectivity index (χ0n) is 20.6. The molecule has 3 fully saturated rings. The van der Waals surface area contributed by atoms with Crippen LogP contribution in [0.25, 0.3) is 0 Å². The Labute approximate surface area is 202 Å². The van der Waals surface area contributed by atoms with Crippen molar-refractivity contribution in [3.63, 3.8) is 0 Å². The van der Waals surface area contributed by atoms with E-state index in [1.165, 1.54) is 5.57 Å². The van der Waals surface area contributed by atoms with Crippen LogP contribution in [0.4, 0.5) is 0 Å². The first-order valence-electron chi connectivity index (χ1n) is 12.6. The van der Waals surface area contributed by atoms with Crippen LogP contribution in [0.15, 0.2) is 23.8 Å². The van der Waals surface area contributed by atoms with Gasteiger partial charge in [-0.2, -0.15) is 0 Å². The predicted molar refractivity (Wildman–Crippen MR) is 127 cm³/mol. The topological polar surface area (TPSA) is 140 Å². The van der Waals surface area contributed by atoms with Crippen molar-refractivity contribution in [1.82, 2.24) is 0 Å². The molecule has 0 aromatic heterocycles. The van der Waals surface area contributed by atoms with E-state index in [-0.39, 0.29) is 24.0 Å². The number of fused-ring (bicyclic) bond motifs is 1. The largest absolute Gasteiger partial charge is 0.394 e. The lowest BCUT2D eigenvalue weighted by Crippen LogP contribution is -2.60. The number of rotatable bonds is 9. The van der Waals surface area contributed by atoms with Gasteiger partial charge < -0.3 is 40.1 Å². The maximum absolute atomic E-state index is 10.4. The maximum Gasteiger partial charge on any atom is 0.186 e. The molecule has 8 nitrogen and oxygen atoms in total. The highest BCUT2D eigenvalue weighted by atomic mass is 16.7. The summed E-state index contributed by atoms with van der Waals surface area (Å²) in [6.45, 7) is 8.69. The number of aliphatic hydroxyl groups is 6. The van der Waals surface area contributed by atoms with Gasteiger partial charge in [-0.25, -0.2) is 0 Å². The summed E-state index contributed by atoms with van der Waals surface area (Å²) in [4.78, 5) is 0. The zero-order chi connectivity index (χ0) is 25.1. The van der Waals surface area contributed by atoms with E-state index in [0.29, 0.717) is 18.4 Å². The average Bonchev–Trinajstić information content (AvgIpc) is 2.80. The van der Waals surface area contributed by atoms with Crippen LogP contribution in [0.1, 0.15) is 58.8 Å². The molecule has 0 bridgehead atoms. The van der Waals surface area contributed by atoms with Gasteiger partial charge in [-0.15, -0.1) is 0 Å². The van der Waals surface area contributed by atoms with E-state index in [0.717, 1.165) is 50.5 Å². The van der Waals surface area contributed by atoms with Crippen molar-refractivity contribution in [2.75, 3.05) is 26.4 Å². The molecule has 2 saturated carbocycles.